The number of benzene rings is 1. The lowest BCUT2D eigenvalue weighted by Gasteiger charge is -2.37. The van der Waals surface area contributed by atoms with Gasteiger partial charge in [0.2, 0.25) is 0 Å². The minimum atomic E-state index is 0.165. The van der Waals surface area contributed by atoms with Gasteiger partial charge in [0, 0.05) is 18.8 Å². The molecule has 1 aliphatic carbocycles. The maximum absolute atomic E-state index is 9.15. The molecule has 0 aromatic heterocycles. The number of anilines is 1. The summed E-state index contributed by atoms with van der Waals surface area (Å²) in [5.41, 5.74) is 8.97. The van der Waals surface area contributed by atoms with Crippen LogP contribution in [0.5, 0.6) is 0 Å². The molecule has 27 heavy (non-hydrogen) atoms. The molecule has 0 amide bonds. The van der Waals surface area contributed by atoms with E-state index in [0.717, 1.165) is 17.6 Å². The van der Waals surface area contributed by atoms with Crippen molar-refractivity contribution in [3.63, 3.8) is 0 Å². The van der Waals surface area contributed by atoms with Crippen LogP contribution in [0.4, 0.5) is 5.69 Å². The fourth-order valence-electron chi connectivity index (χ4n) is 4.46. The van der Waals surface area contributed by atoms with Crippen molar-refractivity contribution < 1.29 is 0 Å². The molecule has 1 aromatic rings. The summed E-state index contributed by atoms with van der Waals surface area (Å²) >= 11 is 0. The topological polar surface area (TPSA) is 31.4 Å². The molecule has 2 heterocycles. The summed E-state index contributed by atoms with van der Waals surface area (Å²) in [6, 6.07) is 6.69. The Morgan fingerprint density at radius 3 is 2.48 bits per heavy atom. The van der Waals surface area contributed by atoms with Gasteiger partial charge in [-0.05, 0) is 79.0 Å². The molecule has 3 heteroatoms. The number of nitriles is 1. The lowest BCUT2D eigenvalue weighted by molar-refractivity contribution is 0.634. The monoisotopic (exact) mass is 353 g/mol. The molecule has 0 bridgehead atoms. The van der Waals surface area contributed by atoms with Crippen LogP contribution in [0.3, 0.4) is 0 Å². The second kappa shape index (κ2) is 7.29. The van der Waals surface area contributed by atoms with E-state index in [4.69, 9.17) is 11.8 Å². The Balaban J connectivity index is 1.65. The van der Waals surface area contributed by atoms with Gasteiger partial charge in [0.1, 0.15) is 0 Å². The summed E-state index contributed by atoms with van der Waals surface area (Å²) in [7, 11) is 0. The molecule has 0 saturated carbocycles. The Morgan fingerprint density at radius 2 is 1.85 bits per heavy atom. The maximum Gasteiger partial charge on any atom is 0.268 e. The van der Waals surface area contributed by atoms with Crippen molar-refractivity contribution in [3.05, 3.63) is 80.9 Å². The Hall–Kier alpha value is -3.04. The predicted octanol–water partition coefficient (Wildman–Crippen LogP) is 5.37. The summed E-state index contributed by atoms with van der Waals surface area (Å²) < 4.78 is 0. The molecule has 0 fully saturated rings. The van der Waals surface area contributed by atoms with Crippen LogP contribution in [0.1, 0.15) is 42.9 Å². The van der Waals surface area contributed by atoms with Crippen LogP contribution < -0.4 is 4.90 Å². The van der Waals surface area contributed by atoms with Gasteiger partial charge < -0.3 is 4.90 Å². The van der Waals surface area contributed by atoms with Crippen molar-refractivity contribution in [3.8, 4) is 6.07 Å². The first-order valence-electron chi connectivity index (χ1n) is 9.66. The maximum atomic E-state index is 9.15. The van der Waals surface area contributed by atoms with Crippen LogP contribution in [0.15, 0.2) is 52.8 Å². The molecule has 3 nitrogen and oxygen atoms in total. The van der Waals surface area contributed by atoms with Gasteiger partial charge in [-0.1, -0.05) is 29.9 Å². The highest BCUT2D eigenvalue weighted by Crippen LogP contribution is 2.36. The number of aryl methyl sites for hydroxylation is 2. The van der Waals surface area contributed by atoms with E-state index in [-0.39, 0.29) is 5.70 Å². The molecule has 0 spiro atoms. The van der Waals surface area contributed by atoms with Crippen LogP contribution in [0.2, 0.25) is 0 Å². The molecule has 0 N–H and O–H groups in total. The normalized spacial score (nSPS) is 20.3. The van der Waals surface area contributed by atoms with Crippen molar-refractivity contribution in [2.75, 3.05) is 18.0 Å². The summed E-state index contributed by atoms with van der Waals surface area (Å²) in [6.45, 7) is 11.6. The van der Waals surface area contributed by atoms with E-state index in [1.54, 1.807) is 0 Å². The lowest BCUT2D eigenvalue weighted by atomic mass is 9.89. The number of rotatable bonds is 2. The van der Waals surface area contributed by atoms with Crippen LogP contribution in [-0.4, -0.2) is 13.1 Å². The summed E-state index contributed by atoms with van der Waals surface area (Å²) in [4.78, 5) is 5.92. The summed E-state index contributed by atoms with van der Waals surface area (Å²) in [5.74, 6) is 0. The lowest BCUT2D eigenvalue weighted by Crippen LogP contribution is -2.34. The molecule has 2 aliphatic heterocycles. The SMILES string of the molecule is [C-]#[N+]C(C#N)=C1C=C(C)CC(C=Cc2cc3c4c(c2)CCCN4CCC3)=C1. The minimum absolute atomic E-state index is 0.165. The Morgan fingerprint density at radius 1 is 1.15 bits per heavy atom. The first kappa shape index (κ1) is 17.4. The minimum Gasteiger partial charge on any atom is -0.371 e. The zero-order chi connectivity index (χ0) is 18.8. The highest BCUT2D eigenvalue weighted by Gasteiger charge is 2.23. The summed E-state index contributed by atoms with van der Waals surface area (Å²) in [5, 5.41) is 9.15. The molecule has 3 aliphatic rings. The highest BCUT2D eigenvalue weighted by atomic mass is 15.1. The number of nitrogens with zero attached hydrogens (tertiary/aromatic N) is 3. The van der Waals surface area contributed by atoms with E-state index in [1.165, 1.54) is 66.7 Å². The molecule has 0 radical (unpaired) electrons. The Kier molecular flexibility index (Phi) is 4.69. The molecular formula is C24H23N3. The van der Waals surface area contributed by atoms with E-state index in [2.05, 4.69) is 41.0 Å². The Bertz CT molecular complexity index is 942. The fourth-order valence-corrected chi connectivity index (χ4v) is 4.46. The molecule has 4 rings (SSSR count). The first-order chi connectivity index (χ1) is 13.2. The second-order valence-electron chi connectivity index (χ2n) is 7.63. The van der Waals surface area contributed by atoms with Crippen molar-refractivity contribution in [2.45, 2.75) is 39.0 Å². The van der Waals surface area contributed by atoms with E-state index in [1.807, 2.05) is 18.2 Å². The average molecular weight is 353 g/mol. The van der Waals surface area contributed by atoms with Crippen LogP contribution in [0.25, 0.3) is 10.9 Å². The predicted molar refractivity (Wildman–Crippen MR) is 110 cm³/mol. The zero-order valence-corrected chi connectivity index (χ0v) is 15.8. The molecular weight excluding hydrogens is 330 g/mol. The molecule has 1 aromatic carbocycles. The standard InChI is InChI=1S/C24H23N3/c1-17-11-18(15-22(12-17)23(16-25)26-2)7-8-19-13-20-5-3-9-27-10-4-6-21(14-19)24(20)27/h7-8,12-15H,3-6,9-11H2,1H3. The molecule has 134 valence electrons. The van der Waals surface area contributed by atoms with E-state index in [9.17, 15) is 0 Å². The number of hydrogen-bond donors (Lipinski definition) is 0. The third-order valence-electron chi connectivity index (χ3n) is 5.56. The van der Waals surface area contributed by atoms with Gasteiger partial charge in [0.25, 0.3) is 5.70 Å². The van der Waals surface area contributed by atoms with Gasteiger partial charge in [-0.25, -0.2) is 10.1 Å². The zero-order valence-electron chi connectivity index (χ0n) is 15.8. The molecule has 0 unspecified atom stereocenters. The van der Waals surface area contributed by atoms with E-state index >= 15 is 0 Å². The Labute approximate surface area is 161 Å². The van der Waals surface area contributed by atoms with Crippen LogP contribution in [0, 0.1) is 17.9 Å². The highest BCUT2D eigenvalue weighted by molar-refractivity contribution is 5.69. The van der Waals surface area contributed by atoms with Crippen molar-refractivity contribution >= 4 is 11.8 Å². The summed E-state index contributed by atoms with van der Waals surface area (Å²) in [6.07, 6.45) is 14.0. The van der Waals surface area contributed by atoms with Crippen molar-refractivity contribution in [1.29, 1.82) is 5.26 Å². The van der Waals surface area contributed by atoms with E-state index < -0.39 is 0 Å². The third-order valence-corrected chi connectivity index (χ3v) is 5.56. The molecule has 0 saturated heterocycles. The quantitative estimate of drug-likeness (QED) is 0.528. The average Bonchev–Trinajstić information content (AvgIpc) is 2.67. The van der Waals surface area contributed by atoms with Gasteiger partial charge in [-0.3, -0.25) is 0 Å². The fraction of sp³-hybridized carbons (Fsp3) is 0.333. The van der Waals surface area contributed by atoms with Crippen molar-refractivity contribution in [1.82, 2.24) is 0 Å². The van der Waals surface area contributed by atoms with Gasteiger partial charge in [0.15, 0.2) is 0 Å². The van der Waals surface area contributed by atoms with Gasteiger partial charge in [-0.2, -0.15) is 0 Å². The second-order valence-corrected chi connectivity index (χ2v) is 7.63. The van der Waals surface area contributed by atoms with Crippen LogP contribution >= 0.6 is 0 Å². The van der Waals surface area contributed by atoms with E-state index in [0.29, 0.717) is 0 Å². The van der Waals surface area contributed by atoms with Crippen LogP contribution in [-0.2, 0) is 12.8 Å². The third kappa shape index (κ3) is 3.46. The van der Waals surface area contributed by atoms with Gasteiger partial charge >= 0.3 is 0 Å². The molecule has 0 atom stereocenters. The van der Waals surface area contributed by atoms with Crippen molar-refractivity contribution in [2.24, 2.45) is 0 Å². The number of allylic oxidation sites excluding steroid dienone is 7. The number of hydrogen-bond acceptors (Lipinski definition) is 2. The van der Waals surface area contributed by atoms with Gasteiger partial charge in [-0.15, -0.1) is 0 Å². The first-order valence-corrected chi connectivity index (χ1v) is 9.66. The van der Waals surface area contributed by atoms with Gasteiger partial charge in [0.05, 0.1) is 12.6 Å². The smallest absolute Gasteiger partial charge is 0.268 e. The largest absolute Gasteiger partial charge is 0.371 e.